The minimum Gasteiger partial charge on any atom is -0.479 e. The van der Waals surface area contributed by atoms with Crippen molar-refractivity contribution >= 4 is 24.2 Å². The number of carbonyl (C=O) groups excluding carboxylic acids is 3. The normalized spacial score (nSPS) is 51.1. The van der Waals surface area contributed by atoms with E-state index in [0.29, 0.717) is 37.7 Å². The Morgan fingerprint density at radius 2 is 1.31 bits per heavy atom. The highest BCUT2D eigenvalue weighted by molar-refractivity contribution is 5.87. The molecule has 5 aliphatic carbocycles. The Morgan fingerprint density at radius 1 is 0.686 bits per heavy atom. The van der Waals surface area contributed by atoms with Crippen molar-refractivity contribution in [2.24, 2.45) is 50.2 Å². The standard InChI is InChI=1S/C59H90O27/c1-10-24(2)49(76)86-47-46(73)59(23-79-25(3)62)27(17-54(47,4)5)26-11-12-32-55(6)15-14-34(56(7,22-61)31(55)13-16-57(32,8)58(26,9)18-33(59)65)81-53-45(85-51-40(71)38(69)37(68)30(19-60)80-51)42(41(72)43(83-53)48(74)75)82-52-44(36(67)29(64)21-78-52)84-50-39(70)35(66)28(63)20-77-50/h10-11,22,27-47,50-53,60,63-73H,12-21,23H2,1-9H3,(H,74,75)/b24-10-/t27-,28?,29-,30+,31+,32+,33+,34-,35?,36-,37-,38-,39?,40+,41-,42-,43-,44+,45+,46-,47-,50?,51-,52-,53+,55-,56-,57+,58+,59-/m0/s1. The number of carboxylic acid groups (broad SMARTS) is 1. The summed E-state index contributed by atoms with van der Waals surface area (Å²) in [5, 5.41) is 145. The molecule has 13 N–H and O–H groups in total. The van der Waals surface area contributed by atoms with Crippen LogP contribution < -0.4 is 0 Å². The molecule has 27 nitrogen and oxygen atoms in total. The number of fused-ring (bicyclic) bond motifs is 7. The van der Waals surface area contributed by atoms with E-state index in [-0.39, 0.29) is 25.4 Å². The van der Waals surface area contributed by atoms with E-state index in [9.17, 15) is 85.6 Å². The number of rotatable bonds is 15. The van der Waals surface area contributed by atoms with E-state index in [4.69, 9.17) is 47.4 Å². The number of carboxylic acids is 1. The van der Waals surface area contributed by atoms with Gasteiger partial charge in [-0.15, -0.1) is 0 Å². The van der Waals surface area contributed by atoms with Gasteiger partial charge in [0.2, 0.25) is 0 Å². The van der Waals surface area contributed by atoms with Crippen molar-refractivity contribution in [1.82, 2.24) is 0 Å². The number of esters is 2. The molecule has 4 saturated carbocycles. The van der Waals surface area contributed by atoms with Crippen molar-refractivity contribution in [1.29, 1.82) is 0 Å². The number of aldehydes is 1. The van der Waals surface area contributed by atoms with E-state index in [1.54, 1.807) is 26.8 Å². The molecule has 0 amide bonds. The van der Waals surface area contributed by atoms with Crippen LogP contribution in [0.2, 0.25) is 0 Å². The largest absolute Gasteiger partial charge is 0.479 e. The van der Waals surface area contributed by atoms with Gasteiger partial charge < -0.3 is 119 Å². The molecule has 0 aromatic carbocycles. The van der Waals surface area contributed by atoms with E-state index in [1.165, 1.54) is 6.92 Å². The van der Waals surface area contributed by atoms with Crippen LogP contribution in [0, 0.1) is 50.2 Å². The summed E-state index contributed by atoms with van der Waals surface area (Å²) in [4.78, 5) is 53.3. The third-order valence-electron chi connectivity index (χ3n) is 22.2. The first-order valence-electron chi connectivity index (χ1n) is 29.8. The lowest BCUT2D eigenvalue weighted by Gasteiger charge is -2.72. The third-order valence-corrected chi connectivity index (χ3v) is 22.2. The zero-order valence-electron chi connectivity index (χ0n) is 50.0. The van der Waals surface area contributed by atoms with Crippen LogP contribution in [0.5, 0.6) is 0 Å². The Labute approximate surface area is 498 Å². The van der Waals surface area contributed by atoms with Gasteiger partial charge in [-0.25, -0.2) is 9.59 Å². The Hall–Kier alpha value is -3.24. The Morgan fingerprint density at radius 3 is 1.94 bits per heavy atom. The molecule has 0 aromatic rings. The second kappa shape index (κ2) is 24.8. The molecule has 488 valence electrons. The SMILES string of the molecule is C/C=C(/C)C(=O)O[C@H]1[C@H](O)[C@]2(COC(C)=O)[C@H](O)C[C@]3(C)C(=CC[C@@H]4[C@@]5(C)CC[C@H](O[C@@H]6O[C@H](C(=O)O)[C@@H](O)[C@H](O[C@@H]7OC[C@H](O)[C@H](O)[C@H]7OC7OCC(O)C(O)C7O)[C@H]6O[C@@H]6O[C@H](CO)[C@H](O)[C@H](O)[C@H]6O)[C@@](C)(C=O)[C@@H]5CC[C@]43C)[C@@H]2CC1(C)C. The molecule has 9 aliphatic rings. The van der Waals surface area contributed by atoms with Crippen LogP contribution in [0.15, 0.2) is 23.3 Å². The average Bonchev–Trinajstić information content (AvgIpc) is 0.771. The van der Waals surface area contributed by atoms with Gasteiger partial charge >= 0.3 is 17.9 Å². The van der Waals surface area contributed by atoms with Crippen molar-refractivity contribution in [2.45, 2.75) is 242 Å². The summed E-state index contributed by atoms with van der Waals surface area (Å²) < 4.78 is 60.0. The van der Waals surface area contributed by atoms with Gasteiger partial charge in [-0.2, -0.15) is 0 Å². The van der Waals surface area contributed by atoms with Gasteiger partial charge in [0.25, 0.3) is 0 Å². The predicted octanol–water partition coefficient (Wildman–Crippen LogP) is -2.01. The number of ether oxygens (including phenoxy) is 10. The number of aliphatic hydroxyl groups excluding tert-OH is 12. The van der Waals surface area contributed by atoms with E-state index in [1.807, 2.05) is 13.8 Å². The molecule has 4 heterocycles. The van der Waals surface area contributed by atoms with Gasteiger partial charge in [-0.1, -0.05) is 59.3 Å². The number of hydrogen-bond acceptors (Lipinski definition) is 26. The molecular formula is C59H90O27. The summed E-state index contributed by atoms with van der Waals surface area (Å²) >= 11 is 0. The van der Waals surface area contributed by atoms with Crippen LogP contribution in [0.3, 0.4) is 0 Å². The first-order chi connectivity index (χ1) is 40.2. The summed E-state index contributed by atoms with van der Waals surface area (Å²) in [6.07, 6.45) is -32.7. The van der Waals surface area contributed by atoms with E-state index in [2.05, 4.69) is 26.8 Å². The minimum absolute atomic E-state index is 0.112. The molecule has 0 aromatic heterocycles. The Balaban J connectivity index is 1.05. The van der Waals surface area contributed by atoms with Crippen molar-refractivity contribution in [2.75, 3.05) is 26.4 Å². The second-order valence-corrected chi connectivity index (χ2v) is 27.3. The maximum Gasteiger partial charge on any atom is 0.335 e. The van der Waals surface area contributed by atoms with Crippen LogP contribution in [0.25, 0.3) is 0 Å². The van der Waals surface area contributed by atoms with Gasteiger partial charge in [-0.05, 0) is 92.8 Å². The summed E-state index contributed by atoms with van der Waals surface area (Å²) in [6, 6.07) is 0. The lowest BCUT2D eigenvalue weighted by molar-refractivity contribution is -0.398. The molecule has 9 rings (SSSR count). The number of carbonyl (C=O) groups is 4. The van der Waals surface area contributed by atoms with Gasteiger partial charge in [-0.3, -0.25) is 4.79 Å². The molecule has 4 unspecified atom stereocenters. The Kier molecular flexibility index (Phi) is 19.3. The fourth-order valence-electron chi connectivity index (χ4n) is 16.9. The zero-order valence-corrected chi connectivity index (χ0v) is 50.0. The van der Waals surface area contributed by atoms with Crippen molar-refractivity contribution in [3.8, 4) is 0 Å². The lowest BCUT2D eigenvalue weighted by Crippen LogP contribution is -2.72. The summed E-state index contributed by atoms with van der Waals surface area (Å²) in [6.45, 7) is 14.1. The van der Waals surface area contributed by atoms with Gasteiger partial charge in [0, 0.05) is 17.9 Å². The van der Waals surface area contributed by atoms with Crippen LogP contribution in [-0.2, 0) is 66.5 Å². The fourth-order valence-corrected chi connectivity index (χ4v) is 16.9. The summed E-state index contributed by atoms with van der Waals surface area (Å²) in [7, 11) is 0. The minimum atomic E-state index is -2.28. The molecular weight excluding hydrogens is 1140 g/mol. The molecule has 4 aliphatic heterocycles. The maximum atomic E-state index is 14.2. The highest BCUT2D eigenvalue weighted by atomic mass is 16.8. The van der Waals surface area contributed by atoms with Crippen molar-refractivity contribution < 1.29 is 133 Å². The molecule has 8 fully saturated rings. The fraction of sp³-hybridized carbons (Fsp3) is 0.864. The number of hydrogen-bond donors (Lipinski definition) is 13. The van der Waals surface area contributed by atoms with Crippen LogP contribution in [0.4, 0.5) is 0 Å². The monoisotopic (exact) mass is 1230 g/mol. The van der Waals surface area contributed by atoms with E-state index in [0.717, 1.165) is 11.9 Å². The van der Waals surface area contributed by atoms with Crippen LogP contribution in [-0.4, -0.2) is 252 Å². The molecule has 27 heteroatoms. The molecule has 4 saturated heterocycles. The van der Waals surface area contributed by atoms with Crippen LogP contribution >= 0.6 is 0 Å². The first-order valence-corrected chi connectivity index (χ1v) is 29.8. The third kappa shape index (κ3) is 11.0. The van der Waals surface area contributed by atoms with Crippen molar-refractivity contribution in [3.63, 3.8) is 0 Å². The lowest BCUT2D eigenvalue weighted by atomic mass is 9.33. The Bertz CT molecular complexity index is 2550. The molecule has 0 bridgehead atoms. The maximum absolute atomic E-state index is 14.2. The van der Waals surface area contributed by atoms with Gasteiger partial charge in [0.15, 0.2) is 31.3 Å². The highest BCUT2D eigenvalue weighted by Crippen LogP contribution is 2.76. The second-order valence-electron chi connectivity index (χ2n) is 27.3. The highest BCUT2D eigenvalue weighted by Gasteiger charge is 2.74. The smallest absolute Gasteiger partial charge is 0.335 e. The van der Waals surface area contributed by atoms with Gasteiger partial charge in [0.05, 0.1) is 42.9 Å². The number of aliphatic carboxylic acids is 1. The van der Waals surface area contributed by atoms with E-state index < -0.39 is 217 Å². The number of allylic oxidation sites excluding steroid dienone is 3. The zero-order chi connectivity index (χ0) is 63.3. The molecule has 0 spiro atoms. The topological polar surface area (TPSA) is 424 Å². The summed E-state index contributed by atoms with van der Waals surface area (Å²) in [5.74, 6) is -4.18. The summed E-state index contributed by atoms with van der Waals surface area (Å²) in [5.41, 5.74) is -4.42. The average molecular weight is 1230 g/mol. The quantitative estimate of drug-likeness (QED) is 0.0277. The van der Waals surface area contributed by atoms with E-state index >= 15 is 0 Å². The molecule has 30 atom stereocenters. The molecule has 0 radical (unpaired) electrons. The first kappa shape index (κ1) is 67.2. The van der Waals surface area contributed by atoms with Gasteiger partial charge in [0.1, 0.15) is 104 Å². The predicted molar refractivity (Wildman–Crippen MR) is 289 cm³/mol. The van der Waals surface area contributed by atoms with Crippen LogP contribution in [0.1, 0.15) is 107 Å². The molecule has 86 heavy (non-hydrogen) atoms. The van der Waals surface area contributed by atoms with Crippen molar-refractivity contribution in [3.05, 3.63) is 23.3 Å². The number of aliphatic hydroxyl groups is 12.